The number of aromatic nitrogens is 2. The molecule has 146 valence electrons. The average molecular weight is 376 g/mol. The van der Waals surface area contributed by atoms with Gasteiger partial charge in [0.15, 0.2) is 0 Å². The summed E-state index contributed by atoms with van der Waals surface area (Å²) in [4.78, 5) is 11.6. The number of anilines is 3. The molecule has 5 nitrogen and oxygen atoms in total. The molecule has 0 saturated carbocycles. The molecule has 3 rings (SSSR count). The number of nitrogens with one attached hydrogen (secondary N) is 2. The Bertz CT molecular complexity index is 906. The number of hydrogen-bond acceptors (Lipinski definition) is 5. The fourth-order valence-electron chi connectivity index (χ4n) is 2.95. The van der Waals surface area contributed by atoms with E-state index < -0.39 is 0 Å². The van der Waals surface area contributed by atoms with Crippen molar-refractivity contribution in [2.24, 2.45) is 0 Å². The first kappa shape index (κ1) is 19.8. The lowest BCUT2D eigenvalue weighted by Gasteiger charge is -2.14. The Kier molecular flexibility index (Phi) is 6.61. The van der Waals surface area contributed by atoms with Crippen LogP contribution >= 0.6 is 0 Å². The standard InChI is InChI=1S/C23H29N5/c1-17-11-12-18(2)20(15-17)25-22-16-21(19-9-6-5-7-10-19)26-23(27-22)24-13-8-14-28(3)4/h5-7,9-12,15-16H,8,13-14H2,1-4H3,(H2,24,25,26,27). The van der Waals surface area contributed by atoms with Gasteiger partial charge in [0, 0.05) is 23.9 Å². The molecule has 2 aromatic carbocycles. The van der Waals surface area contributed by atoms with Crippen LogP contribution in [0.4, 0.5) is 17.5 Å². The van der Waals surface area contributed by atoms with Crippen molar-refractivity contribution < 1.29 is 0 Å². The van der Waals surface area contributed by atoms with Crippen molar-refractivity contribution in [1.29, 1.82) is 0 Å². The summed E-state index contributed by atoms with van der Waals surface area (Å²) in [6.07, 6.45) is 1.03. The van der Waals surface area contributed by atoms with E-state index in [0.29, 0.717) is 5.95 Å². The monoisotopic (exact) mass is 375 g/mol. The molecule has 1 heterocycles. The number of rotatable bonds is 8. The third-order valence-electron chi connectivity index (χ3n) is 4.52. The third-order valence-corrected chi connectivity index (χ3v) is 4.52. The molecule has 0 atom stereocenters. The Morgan fingerprint density at radius 2 is 1.71 bits per heavy atom. The zero-order valence-electron chi connectivity index (χ0n) is 17.2. The molecule has 0 fully saturated rings. The first-order valence-electron chi connectivity index (χ1n) is 9.68. The van der Waals surface area contributed by atoms with Gasteiger partial charge >= 0.3 is 0 Å². The van der Waals surface area contributed by atoms with Gasteiger partial charge in [0.2, 0.25) is 5.95 Å². The van der Waals surface area contributed by atoms with Crippen molar-refractivity contribution in [1.82, 2.24) is 14.9 Å². The first-order chi connectivity index (χ1) is 13.5. The highest BCUT2D eigenvalue weighted by Crippen LogP contribution is 2.25. The highest BCUT2D eigenvalue weighted by atomic mass is 15.1. The van der Waals surface area contributed by atoms with Gasteiger partial charge in [0.05, 0.1) is 5.69 Å². The summed E-state index contributed by atoms with van der Waals surface area (Å²) in [5.41, 5.74) is 5.44. The van der Waals surface area contributed by atoms with Crippen molar-refractivity contribution in [2.45, 2.75) is 20.3 Å². The Balaban J connectivity index is 1.87. The largest absolute Gasteiger partial charge is 0.354 e. The quantitative estimate of drug-likeness (QED) is 0.550. The SMILES string of the molecule is Cc1ccc(C)c(Nc2cc(-c3ccccc3)nc(NCCCN(C)C)n2)c1. The maximum absolute atomic E-state index is 4.73. The molecule has 2 N–H and O–H groups in total. The molecule has 0 amide bonds. The Labute approximate surface area is 167 Å². The van der Waals surface area contributed by atoms with Crippen LogP contribution in [-0.4, -0.2) is 42.1 Å². The summed E-state index contributed by atoms with van der Waals surface area (Å²) >= 11 is 0. The molecule has 5 heteroatoms. The smallest absolute Gasteiger partial charge is 0.225 e. The first-order valence-corrected chi connectivity index (χ1v) is 9.68. The fraction of sp³-hybridized carbons (Fsp3) is 0.304. The maximum Gasteiger partial charge on any atom is 0.225 e. The van der Waals surface area contributed by atoms with Crippen LogP contribution in [0.1, 0.15) is 17.5 Å². The second-order valence-corrected chi connectivity index (χ2v) is 7.36. The fourth-order valence-corrected chi connectivity index (χ4v) is 2.95. The van der Waals surface area contributed by atoms with Gasteiger partial charge in [-0.05, 0) is 58.1 Å². The Morgan fingerprint density at radius 1 is 0.929 bits per heavy atom. The lowest BCUT2D eigenvalue weighted by molar-refractivity contribution is 0.405. The summed E-state index contributed by atoms with van der Waals surface area (Å²) in [6, 6.07) is 18.6. The van der Waals surface area contributed by atoms with Crippen LogP contribution in [0.2, 0.25) is 0 Å². The topological polar surface area (TPSA) is 53.1 Å². The molecule has 0 saturated heterocycles. The molecule has 0 aliphatic heterocycles. The van der Waals surface area contributed by atoms with Gasteiger partial charge in [0.1, 0.15) is 5.82 Å². The van der Waals surface area contributed by atoms with E-state index in [2.05, 4.69) is 73.8 Å². The van der Waals surface area contributed by atoms with Gasteiger partial charge in [0.25, 0.3) is 0 Å². The van der Waals surface area contributed by atoms with E-state index in [9.17, 15) is 0 Å². The van der Waals surface area contributed by atoms with Crippen LogP contribution in [0.15, 0.2) is 54.6 Å². The average Bonchev–Trinajstić information content (AvgIpc) is 2.68. The zero-order chi connectivity index (χ0) is 19.9. The summed E-state index contributed by atoms with van der Waals surface area (Å²) in [5.74, 6) is 1.44. The maximum atomic E-state index is 4.73. The molecule has 1 aromatic heterocycles. The van der Waals surface area contributed by atoms with Crippen molar-refractivity contribution in [3.8, 4) is 11.3 Å². The second-order valence-electron chi connectivity index (χ2n) is 7.36. The lowest BCUT2D eigenvalue weighted by Crippen LogP contribution is -2.17. The van der Waals surface area contributed by atoms with Gasteiger partial charge in [-0.3, -0.25) is 0 Å². The van der Waals surface area contributed by atoms with Crippen molar-refractivity contribution in [3.05, 3.63) is 65.7 Å². The van der Waals surface area contributed by atoms with E-state index in [4.69, 9.17) is 9.97 Å². The number of benzene rings is 2. The highest BCUT2D eigenvalue weighted by molar-refractivity contribution is 5.68. The van der Waals surface area contributed by atoms with Gasteiger partial charge in [-0.2, -0.15) is 4.98 Å². The van der Waals surface area contributed by atoms with Crippen LogP contribution in [0.3, 0.4) is 0 Å². The van der Waals surface area contributed by atoms with Crippen LogP contribution < -0.4 is 10.6 Å². The molecular formula is C23H29N5. The van der Waals surface area contributed by atoms with Crippen LogP contribution in [0, 0.1) is 13.8 Å². The number of nitrogens with zero attached hydrogens (tertiary/aromatic N) is 3. The van der Waals surface area contributed by atoms with Crippen molar-refractivity contribution in [3.63, 3.8) is 0 Å². The summed E-state index contributed by atoms with van der Waals surface area (Å²) in [6.45, 7) is 6.05. The number of hydrogen-bond donors (Lipinski definition) is 2. The normalized spacial score (nSPS) is 10.9. The van der Waals surface area contributed by atoms with E-state index in [1.165, 1.54) is 11.1 Å². The van der Waals surface area contributed by atoms with Crippen molar-refractivity contribution >= 4 is 17.5 Å². The van der Waals surface area contributed by atoms with Gasteiger partial charge in [-0.15, -0.1) is 0 Å². The zero-order valence-corrected chi connectivity index (χ0v) is 17.2. The molecule has 0 unspecified atom stereocenters. The summed E-state index contributed by atoms with van der Waals surface area (Å²) < 4.78 is 0. The molecular weight excluding hydrogens is 346 g/mol. The molecule has 3 aromatic rings. The lowest BCUT2D eigenvalue weighted by atomic mass is 10.1. The Hall–Kier alpha value is -2.92. The summed E-state index contributed by atoms with van der Waals surface area (Å²) in [5, 5.41) is 6.85. The van der Waals surface area contributed by atoms with E-state index in [-0.39, 0.29) is 0 Å². The minimum absolute atomic E-state index is 0.646. The van der Waals surface area contributed by atoms with Crippen LogP contribution in [0.25, 0.3) is 11.3 Å². The third kappa shape index (κ3) is 5.54. The van der Waals surface area contributed by atoms with Crippen molar-refractivity contribution in [2.75, 3.05) is 37.8 Å². The van der Waals surface area contributed by atoms with E-state index in [0.717, 1.165) is 42.3 Å². The van der Waals surface area contributed by atoms with E-state index >= 15 is 0 Å². The van der Waals surface area contributed by atoms with E-state index in [1.807, 2.05) is 24.3 Å². The predicted molar refractivity (Wildman–Crippen MR) is 118 cm³/mol. The second kappa shape index (κ2) is 9.33. The molecule has 0 spiro atoms. The van der Waals surface area contributed by atoms with Crippen LogP contribution in [0.5, 0.6) is 0 Å². The molecule has 0 aliphatic rings. The predicted octanol–water partition coefficient (Wildman–Crippen LogP) is 4.87. The highest BCUT2D eigenvalue weighted by Gasteiger charge is 2.08. The van der Waals surface area contributed by atoms with Gasteiger partial charge in [-0.25, -0.2) is 4.98 Å². The molecule has 0 aliphatic carbocycles. The summed E-state index contributed by atoms with van der Waals surface area (Å²) in [7, 11) is 4.16. The molecule has 0 bridgehead atoms. The van der Waals surface area contributed by atoms with Gasteiger partial charge < -0.3 is 15.5 Å². The minimum Gasteiger partial charge on any atom is -0.354 e. The molecule has 0 radical (unpaired) electrons. The van der Waals surface area contributed by atoms with E-state index in [1.54, 1.807) is 0 Å². The Morgan fingerprint density at radius 3 is 2.46 bits per heavy atom. The number of aryl methyl sites for hydroxylation is 2. The van der Waals surface area contributed by atoms with Crippen LogP contribution in [-0.2, 0) is 0 Å². The minimum atomic E-state index is 0.646. The van der Waals surface area contributed by atoms with Gasteiger partial charge in [-0.1, -0.05) is 42.5 Å². The molecule has 28 heavy (non-hydrogen) atoms.